The van der Waals surface area contributed by atoms with Gasteiger partial charge < -0.3 is 14.2 Å². The molecule has 5 nitrogen and oxygen atoms in total. The van der Waals surface area contributed by atoms with Gasteiger partial charge in [0.1, 0.15) is 41.2 Å². The minimum atomic E-state index is -1.07. The van der Waals surface area contributed by atoms with E-state index in [1.165, 1.54) is 0 Å². The molecule has 2 aromatic rings. The van der Waals surface area contributed by atoms with E-state index in [1.807, 2.05) is 0 Å². The Kier molecular flexibility index (Phi) is 6.35. The largest absolute Gasteiger partial charge is 0.491 e. The van der Waals surface area contributed by atoms with Crippen molar-refractivity contribution in [3.05, 3.63) is 47.4 Å². The zero-order valence-electron chi connectivity index (χ0n) is 13.6. The first kappa shape index (κ1) is 18.7. The van der Waals surface area contributed by atoms with Crippen molar-refractivity contribution in [2.24, 2.45) is 0 Å². The number of methoxy groups -OCH3 is 1. The second-order valence-electron chi connectivity index (χ2n) is 4.83. The molecule has 0 spiro atoms. The summed E-state index contributed by atoms with van der Waals surface area (Å²) in [7, 11) is 1.11. The Balaban J connectivity index is 2.35. The highest BCUT2D eigenvalue weighted by Crippen LogP contribution is 2.30. The molecule has 1 aromatic carbocycles. The van der Waals surface area contributed by atoms with Gasteiger partial charge in [0.05, 0.1) is 19.3 Å². The van der Waals surface area contributed by atoms with Crippen LogP contribution in [-0.2, 0) is 9.47 Å². The minimum absolute atomic E-state index is 0.0667. The monoisotopic (exact) mass is 355 g/mol. The molecule has 0 amide bonds. The van der Waals surface area contributed by atoms with Gasteiger partial charge in [0, 0.05) is 18.7 Å². The van der Waals surface area contributed by atoms with Gasteiger partial charge in [0.15, 0.2) is 0 Å². The molecule has 0 fully saturated rings. The van der Waals surface area contributed by atoms with Crippen LogP contribution in [0.4, 0.5) is 13.2 Å². The summed E-state index contributed by atoms with van der Waals surface area (Å²) in [6, 6.07) is 3.78. The molecule has 0 N–H and O–H groups in total. The summed E-state index contributed by atoms with van der Waals surface area (Å²) < 4.78 is 57.3. The van der Waals surface area contributed by atoms with Crippen molar-refractivity contribution in [3.8, 4) is 17.0 Å². The molecule has 0 saturated heterocycles. The molecule has 0 saturated carbocycles. The van der Waals surface area contributed by atoms with E-state index in [2.05, 4.69) is 9.72 Å². The minimum Gasteiger partial charge on any atom is -0.491 e. The Bertz CT molecular complexity index is 745. The van der Waals surface area contributed by atoms with Crippen LogP contribution in [0.2, 0.25) is 0 Å². The van der Waals surface area contributed by atoms with Crippen LogP contribution in [0, 0.1) is 17.5 Å². The number of ether oxygens (including phenoxy) is 3. The van der Waals surface area contributed by atoms with Crippen LogP contribution >= 0.6 is 0 Å². The van der Waals surface area contributed by atoms with E-state index in [0.29, 0.717) is 6.61 Å². The normalized spacial score (nSPS) is 10.6. The number of pyridine rings is 1. The Morgan fingerprint density at radius 1 is 1.08 bits per heavy atom. The number of carbonyl (C=O) groups is 1. The van der Waals surface area contributed by atoms with Crippen LogP contribution in [0.5, 0.6) is 5.75 Å². The number of nitrogens with zero attached hydrogens (tertiary/aromatic N) is 1. The van der Waals surface area contributed by atoms with Gasteiger partial charge in [0.2, 0.25) is 0 Å². The van der Waals surface area contributed by atoms with E-state index in [4.69, 9.17) is 9.47 Å². The van der Waals surface area contributed by atoms with Crippen LogP contribution in [0.1, 0.15) is 17.4 Å². The zero-order valence-corrected chi connectivity index (χ0v) is 13.6. The SMILES string of the molecule is CCOCCOc1cc(F)c(-c2nc(C(=O)OC)ccc2F)c(F)c1. The lowest BCUT2D eigenvalue weighted by atomic mass is 10.1. The first-order valence-corrected chi connectivity index (χ1v) is 7.42. The number of esters is 1. The van der Waals surface area contributed by atoms with Crippen molar-refractivity contribution >= 4 is 5.97 Å². The van der Waals surface area contributed by atoms with Gasteiger partial charge in [0.25, 0.3) is 0 Å². The molecule has 0 radical (unpaired) electrons. The van der Waals surface area contributed by atoms with E-state index < -0.39 is 34.7 Å². The molecule has 0 atom stereocenters. The van der Waals surface area contributed by atoms with E-state index in [9.17, 15) is 18.0 Å². The predicted molar refractivity (Wildman–Crippen MR) is 82.9 cm³/mol. The summed E-state index contributed by atoms with van der Waals surface area (Å²) in [4.78, 5) is 15.1. The van der Waals surface area contributed by atoms with Crippen LogP contribution in [0.25, 0.3) is 11.3 Å². The number of hydrogen-bond donors (Lipinski definition) is 0. The van der Waals surface area contributed by atoms with Gasteiger partial charge in [-0.3, -0.25) is 0 Å². The molecule has 0 aliphatic carbocycles. The van der Waals surface area contributed by atoms with Gasteiger partial charge in [-0.25, -0.2) is 22.9 Å². The van der Waals surface area contributed by atoms with Crippen LogP contribution in [-0.4, -0.2) is 37.9 Å². The highest BCUT2D eigenvalue weighted by molar-refractivity contribution is 5.87. The smallest absolute Gasteiger partial charge is 0.356 e. The topological polar surface area (TPSA) is 57.7 Å². The molecule has 1 aromatic heterocycles. The van der Waals surface area contributed by atoms with Gasteiger partial charge in [-0.1, -0.05) is 0 Å². The molecule has 2 rings (SSSR count). The average molecular weight is 355 g/mol. The summed E-state index contributed by atoms with van der Waals surface area (Å²) in [6.07, 6.45) is 0. The first-order chi connectivity index (χ1) is 12.0. The second kappa shape index (κ2) is 8.48. The third-order valence-electron chi connectivity index (χ3n) is 3.19. The van der Waals surface area contributed by atoms with Crippen LogP contribution in [0.15, 0.2) is 24.3 Å². The standard InChI is InChI=1S/C17H16F3NO4/c1-3-24-6-7-25-10-8-12(19)15(13(20)9-10)16-11(18)4-5-14(21-16)17(22)23-2/h4-5,8-9H,3,6-7H2,1-2H3. The number of halogens is 3. The van der Waals surface area contributed by atoms with Gasteiger partial charge in [-0.15, -0.1) is 0 Å². The summed E-state index contributed by atoms with van der Waals surface area (Å²) in [5, 5.41) is 0. The summed E-state index contributed by atoms with van der Waals surface area (Å²) >= 11 is 0. The summed E-state index contributed by atoms with van der Waals surface area (Å²) in [5.41, 5.74) is -1.59. The highest BCUT2D eigenvalue weighted by Gasteiger charge is 2.21. The highest BCUT2D eigenvalue weighted by atomic mass is 19.1. The molecule has 0 aliphatic heterocycles. The van der Waals surface area contributed by atoms with Crippen molar-refractivity contribution in [2.75, 3.05) is 26.9 Å². The Hall–Kier alpha value is -2.61. The second-order valence-corrected chi connectivity index (χ2v) is 4.83. The van der Waals surface area contributed by atoms with Crippen molar-refractivity contribution in [2.45, 2.75) is 6.92 Å². The van der Waals surface area contributed by atoms with Crippen molar-refractivity contribution in [1.29, 1.82) is 0 Å². The van der Waals surface area contributed by atoms with Crippen molar-refractivity contribution in [1.82, 2.24) is 4.98 Å². The van der Waals surface area contributed by atoms with Gasteiger partial charge in [-0.05, 0) is 19.1 Å². The summed E-state index contributed by atoms with van der Waals surface area (Å²) in [5.74, 6) is -4.03. The molecule has 1 heterocycles. The van der Waals surface area contributed by atoms with Gasteiger partial charge in [-0.2, -0.15) is 0 Å². The van der Waals surface area contributed by atoms with Crippen molar-refractivity contribution in [3.63, 3.8) is 0 Å². The fourth-order valence-corrected chi connectivity index (χ4v) is 2.06. The molecule has 0 bridgehead atoms. The Morgan fingerprint density at radius 2 is 1.76 bits per heavy atom. The Morgan fingerprint density at radius 3 is 2.36 bits per heavy atom. The molecule has 8 heteroatoms. The molecule has 0 unspecified atom stereocenters. The third-order valence-corrected chi connectivity index (χ3v) is 3.19. The lowest BCUT2D eigenvalue weighted by Crippen LogP contribution is -2.08. The van der Waals surface area contributed by atoms with E-state index >= 15 is 0 Å². The Labute approximate surface area is 142 Å². The quantitative estimate of drug-likeness (QED) is 0.563. The maximum atomic E-state index is 14.3. The number of carbonyl (C=O) groups excluding carboxylic acids is 1. The van der Waals surface area contributed by atoms with Gasteiger partial charge >= 0.3 is 5.97 Å². The predicted octanol–water partition coefficient (Wildman–Crippen LogP) is 3.37. The van der Waals surface area contributed by atoms with Crippen LogP contribution < -0.4 is 4.74 Å². The number of benzene rings is 1. The maximum absolute atomic E-state index is 14.3. The summed E-state index contributed by atoms with van der Waals surface area (Å²) in [6.45, 7) is 2.67. The van der Waals surface area contributed by atoms with E-state index in [-0.39, 0.29) is 24.7 Å². The third kappa shape index (κ3) is 4.48. The van der Waals surface area contributed by atoms with Crippen molar-refractivity contribution < 1.29 is 32.2 Å². The average Bonchev–Trinajstić information content (AvgIpc) is 2.59. The fraction of sp³-hybridized carbons (Fsp3) is 0.294. The zero-order chi connectivity index (χ0) is 18.4. The van der Waals surface area contributed by atoms with Crippen LogP contribution in [0.3, 0.4) is 0 Å². The lowest BCUT2D eigenvalue weighted by Gasteiger charge is -2.11. The first-order valence-electron chi connectivity index (χ1n) is 7.42. The molecule has 25 heavy (non-hydrogen) atoms. The number of rotatable bonds is 7. The van der Waals surface area contributed by atoms with E-state index in [0.717, 1.165) is 31.4 Å². The lowest BCUT2D eigenvalue weighted by molar-refractivity contribution is 0.0594. The van der Waals surface area contributed by atoms with E-state index in [1.54, 1.807) is 6.92 Å². The fourth-order valence-electron chi connectivity index (χ4n) is 2.06. The molecule has 134 valence electrons. The molecular formula is C17H16F3NO4. The number of hydrogen-bond acceptors (Lipinski definition) is 5. The molecule has 0 aliphatic rings. The number of aromatic nitrogens is 1. The maximum Gasteiger partial charge on any atom is 0.356 e. The molecular weight excluding hydrogens is 339 g/mol.